The van der Waals surface area contributed by atoms with Gasteiger partial charge in [-0.2, -0.15) is 0 Å². The van der Waals surface area contributed by atoms with Crippen molar-refractivity contribution in [3.05, 3.63) is 11.6 Å². The lowest BCUT2D eigenvalue weighted by atomic mass is 9.52. The third kappa shape index (κ3) is 4.88. The van der Waals surface area contributed by atoms with Crippen LogP contribution in [0.25, 0.3) is 0 Å². The summed E-state index contributed by atoms with van der Waals surface area (Å²) in [6.07, 6.45) is 21.6. The van der Waals surface area contributed by atoms with Gasteiger partial charge in [-0.1, -0.05) is 85.3 Å². The van der Waals surface area contributed by atoms with Gasteiger partial charge in [-0.3, -0.25) is 0 Å². The van der Waals surface area contributed by atoms with Gasteiger partial charge in [0.15, 0.2) is 0 Å². The summed E-state index contributed by atoms with van der Waals surface area (Å²) in [5, 5.41) is 0. The van der Waals surface area contributed by atoms with Gasteiger partial charge in [0, 0.05) is 0 Å². The van der Waals surface area contributed by atoms with Crippen LogP contribution < -0.4 is 0 Å². The molecule has 3 saturated carbocycles. The van der Waals surface area contributed by atoms with E-state index in [1.54, 1.807) is 0 Å². The molecule has 7 atom stereocenters. The summed E-state index contributed by atoms with van der Waals surface area (Å²) in [6, 6.07) is 0. The number of fused-ring (bicyclic) bond motifs is 1. The molecule has 0 saturated heterocycles. The molecule has 0 heterocycles. The highest BCUT2D eigenvalue weighted by atomic mass is 14.6. The summed E-state index contributed by atoms with van der Waals surface area (Å²) in [4.78, 5) is 0. The minimum absolute atomic E-state index is 0.501. The highest BCUT2D eigenvalue weighted by Crippen LogP contribution is 2.63. The summed E-state index contributed by atoms with van der Waals surface area (Å²) in [6.45, 7) is 17.4. The van der Waals surface area contributed by atoms with Crippen molar-refractivity contribution in [2.45, 2.75) is 132 Å². The quantitative estimate of drug-likeness (QED) is 0.347. The lowest BCUT2D eigenvalue weighted by Gasteiger charge is -2.53. The molecule has 0 heteroatoms. The standard InChI is InChI=1S/C30H54/c1-8-11-24-16-18-29(6,25(9-2)20-24)27-17-19-30(7)26(21-27)14-15-28(30)23(5)13-10-12-22(3)4/h9,22-24,26-28H,8,10-21H2,1-7H3. The largest absolute Gasteiger partial charge is 0.0879 e. The van der Waals surface area contributed by atoms with E-state index >= 15 is 0 Å². The molecule has 0 aromatic heterocycles. The lowest BCUT2D eigenvalue weighted by molar-refractivity contribution is 0.00320. The maximum atomic E-state index is 2.71. The molecule has 3 aliphatic carbocycles. The molecule has 0 amide bonds. The first-order valence-electron chi connectivity index (χ1n) is 13.9. The number of allylic oxidation sites excluding steroid dienone is 2. The maximum Gasteiger partial charge on any atom is -0.00879 e. The highest BCUT2D eigenvalue weighted by molar-refractivity contribution is 5.19. The second-order valence-electron chi connectivity index (χ2n) is 12.8. The normalized spacial score (nSPS) is 41.9. The Labute approximate surface area is 190 Å². The van der Waals surface area contributed by atoms with Gasteiger partial charge in [0.25, 0.3) is 0 Å². The SMILES string of the molecule is CC=C1CC(CCC)CCC1(C)C1CCC2(C)C(CCC2C(C)CCCC(C)C)C1. The zero-order chi connectivity index (χ0) is 21.9. The predicted molar refractivity (Wildman–Crippen MR) is 134 cm³/mol. The Morgan fingerprint density at radius 1 is 0.967 bits per heavy atom. The molecular weight excluding hydrogens is 360 g/mol. The number of hydrogen-bond donors (Lipinski definition) is 0. The molecule has 30 heavy (non-hydrogen) atoms. The Kier molecular flexibility index (Phi) is 8.23. The van der Waals surface area contributed by atoms with Crippen molar-refractivity contribution in [1.82, 2.24) is 0 Å². The summed E-state index contributed by atoms with van der Waals surface area (Å²) in [7, 11) is 0. The fourth-order valence-electron chi connectivity index (χ4n) is 8.51. The van der Waals surface area contributed by atoms with Crippen LogP contribution in [0.4, 0.5) is 0 Å². The van der Waals surface area contributed by atoms with Gasteiger partial charge in [0.1, 0.15) is 0 Å². The van der Waals surface area contributed by atoms with Crippen molar-refractivity contribution in [1.29, 1.82) is 0 Å². The van der Waals surface area contributed by atoms with E-state index in [0.717, 1.165) is 35.5 Å². The Morgan fingerprint density at radius 2 is 1.73 bits per heavy atom. The summed E-state index contributed by atoms with van der Waals surface area (Å²) < 4.78 is 0. The summed E-state index contributed by atoms with van der Waals surface area (Å²) >= 11 is 0. The third-order valence-corrected chi connectivity index (χ3v) is 10.6. The van der Waals surface area contributed by atoms with Crippen LogP contribution in [-0.2, 0) is 0 Å². The molecule has 0 N–H and O–H groups in total. The molecule has 0 aromatic rings. The van der Waals surface area contributed by atoms with Crippen molar-refractivity contribution >= 4 is 0 Å². The van der Waals surface area contributed by atoms with Crippen molar-refractivity contribution < 1.29 is 0 Å². The molecular formula is C30H54. The Hall–Kier alpha value is -0.260. The van der Waals surface area contributed by atoms with Crippen LogP contribution in [0.5, 0.6) is 0 Å². The molecule has 0 bridgehead atoms. The van der Waals surface area contributed by atoms with E-state index in [-0.39, 0.29) is 0 Å². The van der Waals surface area contributed by atoms with Crippen LogP contribution in [0.2, 0.25) is 0 Å². The average molecular weight is 415 g/mol. The van der Waals surface area contributed by atoms with Gasteiger partial charge in [-0.15, -0.1) is 0 Å². The van der Waals surface area contributed by atoms with Crippen LogP contribution in [0, 0.1) is 46.3 Å². The van der Waals surface area contributed by atoms with Gasteiger partial charge in [0.2, 0.25) is 0 Å². The molecule has 3 rings (SSSR count). The fourth-order valence-corrected chi connectivity index (χ4v) is 8.51. The van der Waals surface area contributed by atoms with Crippen LogP contribution >= 0.6 is 0 Å². The smallest absolute Gasteiger partial charge is 0.00879 e. The maximum absolute atomic E-state index is 2.71. The zero-order valence-electron chi connectivity index (χ0n) is 21.7. The Morgan fingerprint density at radius 3 is 2.40 bits per heavy atom. The van der Waals surface area contributed by atoms with Crippen molar-refractivity contribution in [2.24, 2.45) is 46.3 Å². The number of rotatable bonds is 8. The summed E-state index contributed by atoms with van der Waals surface area (Å²) in [5.74, 6) is 5.70. The van der Waals surface area contributed by atoms with Crippen molar-refractivity contribution in [3.8, 4) is 0 Å². The molecule has 174 valence electrons. The van der Waals surface area contributed by atoms with Gasteiger partial charge < -0.3 is 0 Å². The summed E-state index contributed by atoms with van der Waals surface area (Å²) in [5.41, 5.74) is 2.97. The van der Waals surface area contributed by atoms with E-state index in [9.17, 15) is 0 Å². The third-order valence-electron chi connectivity index (χ3n) is 10.6. The van der Waals surface area contributed by atoms with Gasteiger partial charge in [-0.05, 0) is 105 Å². The second-order valence-corrected chi connectivity index (χ2v) is 12.8. The molecule has 7 unspecified atom stereocenters. The molecule has 3 fully saturated rings. The van der Waals surface area contributed by atoms with Gasteiger partial charge >= 0.3 is 0 Å². The lowest BCUT2D eigenvalue weighted by Crippen LogP contribution is -2.43. The highest BCUT2D eigenvalue weighted by Gasteiger charge is 2.53. The molecule has 0 radical (unpaired) electrons. The van der Waals surface area contributed by atoms with Crippen molar-refractivity contribution in [2.75, 3.05) is 0 Å². The van der Waals surface area contributed by atoms with Crippen LogP contribution in [0.3, 0.4) is 0 Å². The first-order valence-corrected chi connectivity index (χ1v) is 13.9. The molecule has 0 aromatic carbocycles. The van der Waals surface area contributed by atoms with Crippen LogP contribution in [-0.4, -0.2) is 0 Å². The Balaban J connectivity index is 1.64. The minimum atomic E-state index is 0.501. The molecule has 0 spiro atoms. The Bertz CT molecular complexity index is 571. The van der Waals surface area contributed by atoms with E-state index in [1.165, 1.54) is 83.5 Å². The van der Waals surface area contributed by atoms with Crippen molar-refractivity contribution in [3.63, 3.8) is 0 Å². The first-order chi connectivity index (χ1) is 14.2. The van der Waals surface area contributed by atoms with E-state index in [2.05, 4.69) is 54.5 Å². The minimum Gasteiger partial charge on any atom is -0.0879 e. The van der Waals surface area contributed by atoms with Gasteiger partial charge in [0.05, 0.1) is 0 Å². The van der Waals surface area contributed by atoms with E-state index in [0.29, 0.717) is 10.8 Å². The number of hydrogen-bond acceptors (Lipinski definition) is 0. The monoisotopic (exact) mass is 414 g/mol. The van der Waals surface area contributed by atoms with Gasteiger partial charge in [-0.25, -0.2) is 0 Å². The first kappa shape index (κ1) is 24.4. The van der Waals surface area contributed by atoms with E-state index < -0.39 is 0 Å². The molecule has 0 aliphatic heterocycles. The second kappa shape index (κ2) is 10.1. The topological polar surface area (TPSA) is 0 Å². The predicted octanol–water partition coefficient (Wildman–Crippen LogP) is 9.83. The molecule has 3 aliphatic rings. The average Bonchev–Trinajstić information content (AvgIpc) is 3.05. The van der Waals surface area contributed by atoms with Crippen LogP contribution in [0.1, 0.15) is 132 Å². The fraction of sp³-hybridized carbons (Fsp3) is 0.933. The zero-order valence-corrected chi connectivity index (χ0v) is 21.7. The van der Waals surface area contributed by atoms with E-state index in [1.807, 2.05) is 5.57 Å². The van der Waals surface area contributed by atoms with Crippen LogP contribution in [0.15, 0.2) is 11.6 Å². The molecule has 0 nitrogen and oxygen atoms in total. The van der Waals surface area contributed by atoms with E-state index in [4.69, 9.17) is 0 Å².